The minimum absolute atomic E-state index is 0.174. The molecule has 22 heavy (non-hydrogen) atoms. The molecule has 0 fully saturated rings. The quantitative estimate of drug-likeness (QED) is 0.791. The molecule has 112 valence electrons. The van der Waals surface area contributed by atoms with Gasteiger partial charge in [0.05, 0.1) is 11.7 Å². The van der Waals surface area contributed by atoms with Gasteiger partial charge >= 0.3 is 0 Å². The number of aromatic nitrogens is 2. The van der Waals surface area contributed by atoms with Crippen molar-refractivity contribution in [2.75, 3.05) is 0 Å². The van der Waals surface area contributed by atoms with Crippen LogP contribution in [0.3, 0.4) is 0 Å². The zero-order valence-electron chi connectivity index (χ0n) is 11.8. The van der Waals surface area contributed by atoms with Crippen LogP contribution < -0.4 is 11.3 Å². The van der Waals surface area contributed by atoms with Gasteiger partial charge in [-0.25, -0.2) is 13.8 Å². The predicted molar refractivity (Wildman–Crippen MR) is 79.9 cm³/mol. The molecule has 2 aromatic carbocycles. The summed E-state index contributed by atoms with van der Waals surface area (Å²) in [5, 5.41) is -0.381. The van der Waals surface area contributed by atoms with E-state index in [1.165, 1.54) is 4.57 Å². The van der Waals surface area contributed by atoms with Gasteiger partial charge in [0.2, 0.25) is 0 Å². The van der Waals surface area contributed by atoms with Gasteiger partial charge in [-0.3, -0.25) is 9.36 Å². The molecule has 0 aliphatic rings. The Labute approximate surface area is 124 Å². The van der Waals surface area contributed by atoms with E-state index in [4.69, 9.17) is 5.73 Å². The maximum atomic E-state index is 14.0. The number of nitrogens with zero attached hydrogens (tertiary/aromatic N) is 2. The summed E-state index contributed by atoms with van der Waals surface area (Å²) >= 11 is 0. The third-order valence-electron chi connectivity index (χ3n) is 3.37. The molecular formula is C16H13F2N3O. The van der Waals surface area contributed by atoms with Crippen molar-refractivity contribution in [1.29, 1.82) is 0 Å². The van der Waals surface area contributed by atoms with Crippen molar-refractivity contribution in [3.63, 3.8) is 0 Å². The molecule has 0 saturated carbocycles. The van der Waals surface area contributed by atoms with E-state index in [1.54, 1.807) is 37.3 Å². The minimum Gasteiger partial charge on any atom is -0.322 e. The van der Waals surface area contributed by atoms with Crippen LogP contribution in [0.1, 0.15) is 18.8 Å². The molecular weight excluding hydrogens is 288 g/mol. The Hall–Kier alpha value is -2.60. The van der Waals surface area contributed by atoms with Gasteiger partial charge in [0, 0.05) is 0 Å². The summed E-state index contributed by atoms with van der Waals surface area (Å²) in [5.41, 5.74) is 5.38. The average molecular weight is 301 g/mol. The number of fused-ring (bicyclic) bond motifs is 1. The zero-order chi connectivity index (χ0) is 15.9. The fraction of sp³-hybridized carbons (Fsp3) is 0.125. The standard InChI is InChI=1S/C16H13F2N3O/c1-9(19)15-20-14-12(18)8-7-11(17)13(14)16(22)21(15)10-5-3-2-4-6-10/h2-9H,19H2,1H3. The molecule has 3 aromatic rings. The number of rotatable bonds is 2. The number of benzene rings is 2. The van der Waals surface area contributed by atoms with Crippen LogP contribution in [0.2, 0.25) is 0 Å². The molecule has 0 saturated heterocycles. The molecule has 1 atom stereocenters. The fourth-order valence-electron chi connectivity index (χ4n) is 2.37. The first-order chi connectivity index (χ1) is 10.5. The first-order valence-corrected chi connectivity index (χ1v) is 6.72. The van der Waals surface area contributed by atoms with E-state index in [2.05, 4.69) is 4.98 Å². The Kier molecular flexibility index (Phi) is 3.46. The van der Waals surface area contributed by atoms with Gasteiger partial charge in [-0.15, -0.1) is 0 Å². The zero-order valence-corrected chi connectivity index (χ0v) is 11.8. The van der Waals surface area contributed by atoms with Crippen molar-refractivity contribution in [3.8, 4) is 5.69 Å². The van der Waals surface area contributed by atoms with Crippen LogP contribution in [0.25, 0.3) is 16.6 Å². The van der Waals surface area contributed by atoms with Crippen molar-refractivity contribution in [1.82, 2.24) is 9.55 Å². The van der Waals surface area contributed by atoms with Crippen LogP contribution in [0.4, 0.5) is 8.78 Å². The van der Waals surface area contributed by atoms with Gasteiger partial charge in [0.25, 0.3) is 5.56 Å². The van der Waals surface area contributed by atoms with E-state index in [0.717, 1.165) is 12.1 Å². The number of nitrogens with two attached hydrogens (primary N) is 1. The van der Waals surface area contributed by atoms with Crippen molar-refractivity contribution in [2.45, 2.75) is 13.0 Å². The monoisotopic (exact) mass is 301 g/mol. The van der Waals surface area contributed by atoms with E-state index in [-0.39, 0.29) is 16.7 Å². The molecule has 0 aliphatic heterocycles. The summed E-state index contributed by atoms with van der Waals surface area (Å²) in [6.07, 6.45) is 0. The Morgan fingerprint density at radius 2 is 1.73 bits per heavy atom. The smallest absolute Gasteiger partial charge is 0.269 e. The highest BCUT2D eigenvalue weighted by Crippen LogP contribution is 2.20. The lowest BCUT2D eigenvalue weighted by Crippen LogP contribution is -2.28. The van der Waals surface area contributed by atoms with Crippen LogP contribution in [0.5, 0.6) is 0 Å². The Morgan fingerprint density at radius 3 is 2.36 bits per heavy atom. The molecule has 1 heterocycles. The third-order valence-corrected chi connectivity index (χ3v) is 3.37. The van der Waals surface area contributed by atoms with Gasteiger partial charge in [-0.05, 0) is 31.2 Å². The second-order valence-corrected chi connectivity index (χ2v) is 4.99. The summed E-state index contributed by atoms with van der Waals surface area (Å²) in [6, 6.07) is 9.85. The molecule has 0 radical (unpaired) electrons. The predicted octanol–water partition coefficient (Wildman–Crippen LogP) is 2.68. The van der Waals surface area contributed by atoms with E-state index >= 15 is 0 Å². The SMILES string of the molecule is CC(N)c1nc2c(F)ccc(F)c2c(=O)n1-c1ccccc1. The van der Waals surface area contributed by atoms with Crippen LogP contribution in [-0.2, 0) is 0 Å². The van der Waals surface area contributed by atoms with Gasteiger partial charge in [0.1, 0.15) is 28.4 Å². The average Bonchev–Trinajstić information content (AvgIpc) is 2.51. The summed E-state index contributed by atoms with van der Waals surface area (Å²) in [4.78, 5) is 16.8. The number of para-hydroxylation sites is 1. The fourth-order valence-corrected chi connectivity index (χ4v) is 2.37. The maximum absolute atomic E-state index is 14.0. The minimum atomic E-state index is -0.810. The van der Waals surface area contributed by atoms with E-state index < -0.39 is 23.2 Å². The topological polar surface area (TPSA) is 60.9 Å². The molecule has 2 N–H and O–H groups in total. The molecule has 4 nitrogen and oxygen atoms in total. The van der Waals surface area contributed by atoms with E-state index in [9.17, 15) is 13.6 Å². The Balaban J connectivity index is 2.51. The van der Waals surface area contributed by atoms with Gasteiger partial charge in [-0.1, -0.05) is 18.2 Å². The maximum Gasteiger partial charge on any atom is 0.269 e. The van der Waals surface area contributed by atoms with Crippen molar-refractivity contribution in [2.24, 2.45) is 5.73 Å². The molecule has 3 rings (SSSR count). The van der Waals surface area contributed by atoms with Crippen molar-refractivity contribution in [3.05, 3.63) is 70.3 Å². The van der Waals surface area contributed by atoms with Crippen LogP contribution in [0, 0.1) is 11.6 Å². The lowest BCUT2D eigenvalue weighted by molar-refractivity contribution is 0.607. The highest BCUT2D eigenvalue weighted by Gasteiger charge is 2.19. The molecule has 1 aromatic heterocycles. The Morgan fingerprint density at radius 1 is 1.09 bits per heavy atom. The molecule has 1 unspecified atom stereocenters. The van der Waals surface area contributed by atoms with Crippen molar-refractivity contribution < 1.29 is 8.78 Å². The number of hydrogen-bond donors (Lipinski definition) is 1. The molecule has 0 spiro atoms. The molecule has 0 amide bonds. The summed E-state index contributed by atoms with van der Waals surface area (Å²) in [6.45, 7) is 1.63. The highest BCUT2D eigenvalue weighted by molar-refractivity contribution is 5.79. The number of halogens is 2. The van der Waals surface area contributed by atoms with E-state index in [1.807, 2.05) is 0 Å². The van der Waals surface area contributed by atoms with Crippen LogP contribution in [0.15, 0.2) is 47.3 Å². The summed E-state index contributed by atoms with van der Waals surface area (Å²) in [5.74, 6) is -1.39. The van der Waals surface area contributed by atoms with Gasteiger partial charge < -0.3 is 5.73 Å². The normalized spacial score (nSPS) is 12.5. The highest BCUT2D eigenvalue weighted by atomic mass is 19.1. The van der Waals surface area contributed by atoms with Crippen LogP contribution in [-0.4, -0.2) is 9.55 Å². The molecule has 6 heteroatoms. The third kappa shape index (κ3) is 2.17. The lowest BCUT2D eigenvalue weighted by Gasteiger charge is -2.16. The largest absolute Gasteiger partial charge is 0.322 e. The first kappa shape index (κ1) is 14.3. The second-order valence-electron chi connectivity index (χ2n) is 4.99. The summed E-state index contributed by atoms with van der Waals surface area (Å²) < 4.78 is 29.1. The lowest BCUT2D eigenvalue weighted by atomic mass is 10.2. The van der Waals surface area contributed by atoms with Crippen molar-refractivity contribution >= 4 is 10.9 Å². The first-order valence-electron chi connectivity index (χ1n) is 6.72. The van der Waals surface area contributed by atoms with Gasteiger partial charge in [-0.2, -0.15) is 0 Å². The summed E-state index contributed by atoms with van der Waals surface area (Å²) in [7, 11) is 0. The van der Waals surface area contributed by atoms with E-state index in [0.29, 0.717) is 5.69 Å². The second kappa shape index (κ2) is 5.31. The Bertz CT molecular complexity index is 905. The van der Waals surface area contributed by atoms with Crippen LogP contribution >= 0.6 is 0 Å². The molecule has 0 aliphatic carbocycles. The molecule has 0 bridgehead atoms. The van der Waals surface area contributed by atoms with Gasteiger partial charge in [0.15, 0.2) is 0 Å². The number of hydrogen-bond acceptors (Lipinski definition) is 3.